The van der Waals surface area contributed by atoms with Gasteiger partial charge in [0.15, 0.2) is 5.82 Å². The Kier molecular flexibility index (Phi) is 13.1. The Balaban J connectivity index is 0.000000223. The van der Waals surface area contributed by atoms with Crippen molar-refractivity contribution >= 4 is 44.9 Å². The zero-order valence-electron chi connectivity index (χ0n) is 29.7. The van der Waals surface area contributed by atoms with Crippen LogP contribution in [-0.4, -0.2) is 64.9 Å². The minimum absolute atomic E-state index is 0.00755. The molecule has 3 atom stereocenters. The molecule has 0 amide bonds. The average molecular weight is 913 g/mol. The van der Waals surface area contributed by atoms with Crippen molar-refractivity contribution in [3.05, 3.63) is 86.7 Å². The first-order valence-corrected chi connectivity index (χ1v) is 18.9. The maximum atomic E-state index is 13.8. The van der Waals surface area contributed by atoms with Gasteiger partial charge < -0.3 is 14.4 Å². The van der Waals surface area contributed by atoms with E-state index < -0.39 is 49.9 Å². The average Bonchev–Trinajstić information content (AvgIpc) is 3.71. The van der Waals surface area contributed by atoms with Crippen molar-refractivity contribution in [3.63, 3.8) is 0 Å². The number of anilines is 1. The summed E-state index contributed by atoms with van der Waals surface area (Å²) in [5.74, 6) is 1.21. The molecule has 3 aromatic heterocycles. The van der Waals surface area contributed by atoms with Crippen molar-refractivity contribution in [1.82, 2.24) is 39.5 Å². The van der Waals surface area contributed by atoms with Crippen LogP contribution in [0.3, 0.4) is 0 Å². The number of hydrogen-bond donors (Lipinski definition) is 0. The lowest BCUT2D eigenvalue weighted by Crippen LogP contribution is -2.43. The molecule has 2 bridgehead atoms. The largest absolute Gasteiger partial charge is 0.424 e. The fourth-order valence-corrected chi connectivity index (χ4v) is 7.50. The van der Waals surface area contributed by atoms with Crippen LogP contribution in [0.5, 0.6) is 23.5 Å². The van der Waals surface area contributed by atoms with E-state index in [0.717, 1.165) is 71.1 Å². The van der Waals surface area contributed by atoms with Gasteiger partial charge in [0.05, 0.1) is 25.9 Å². The van der Waals surface area contributed by atoms with Crippen LogP contribution in [0.4, 0.5) is 40.9 Å². The number of nitrogens with zero attached hydrogens (tertiary/aromatic N) is 9. The highest BCUT2D eigenvalue weighted by molar-refractivity contribution is 9.10. The van der Waals surface area contributed by atoms with Crippen molar-refractivity contribution in [2.24, 2.45) is 17.8 Å². The number of piperidine rings is 1. The maximum Gasteiger partial charge on any atom is 0.390 e. The monoisotopic (exact) mass is 911 g/mol. The standard InChI is InChI=1S/C24H25ClF4N6O.C11H7BrClF4N3O/c1-14-6-22(31-13-30-14)34-11-15-2-3-16(12-34)20(15)10-21-32-23(35(33-21)5-4-24(27,28)29)36-19-8-17(25)7-18(26)9-19;12-9-18-10(20(19-9)2-1-11(15,16)17)21-8-4-6(13)3-7(14)5-8/h6-9,13,15-16,20H,2-5,10-12H2,1H3;3-5H,1-2H2/t15-,16+,20?;. The molecule has 0 spiro atoms. The van der Waals surface area contributed by atoms with Gasteiger partial charge in [-0.05, 0) is 77.7 Å². The second-order valence-corrected chi connectivity index (χ2v) is 15.0. The number of fused-ring (bicyclic) bond motifs is 2. The predicted molar refractivity (Wildman–Crippen MR) is 194 cm³/mol. The maximum absolute atomic E-state index is 13.8. The highest BCUT2D eigenvalue weighted by atomic mass is 79.9. The summed E-state index contributed by atoms with van der Waals surface area (Å²) >= 11 is 14.5. The summed E-state index contributed by atoms with van der Waals surface area (Å²) in [7, 11) is 0. The molecule has 57 heavy (non-hydrogen) atoms. The number of aromatic nitrogens is 8. The molecule has 1 unspecified atom stereocenters. The molecular formula is C35H32BrCl2F8N9O2. The van der Waals surface area contributed by atoms with Crippen LogP contribution in [-0.2, 0) is 19.5 Å². The lowest BCUT2D eigenvalue weighted by Gasteiger charge is -2.38. The summed E-state index contributed by atoms with van der Waals surface area (Å²) in [5.41, 5.74) is 0.912. The molecule has 5 aromatic rings. The number of halogens is 11. The molecule has 2 fully saturated rings. The third-order valence-electron chi connectivity index (χ3n) is 9.16. The number of rotatable bonds is 11. The van der Waals surface area contributed by atoms with Crippen LogP contribution in [0.15, 0.2) is 53.5 Å². The van der Waals surface area contributed by atoms with Crippen molar-refractivity contribution in [2.75, 3.05) is 18.0 Å². The van der Waals surface area contributed by atoms with Crippen LogP contribution in [0.25, 0.3) is 0 Å². The summed E-state index contributed by atoms with van der Waals surface area (Å²) < 4.78 is 115. The van der Waals surface area contributed by atoms with Gasteiger partial charge in [0, 0.05) is 53.4 Å². The minimum atomic E-state index is -4.36. The van der Waals surface area contributed by atoms with E-state index in [2.05, 4.69) is 51.0 Å². The van der Waals surface area contributed by atoms with Crippen molar-refractivity contribution < 1.29 is 44.6 Å². The zero-order valence-corrected chi connectivity index (χ0v) is 32.8. The fraction of sp³-hybridized carbons (Fsp3) is 0.429. The first kappa shape index (κ1) is 42.3. The molecule has 306 valence electrons. The third kappa shape index (κ3) is 12.1. The number of ether oxygens (including phenoxy) is 2. The number of alkyl halides is 6. The van der Waals surface area contributed by atoms with Crippen LogP contribution in [0.1, 0.15) is 37.2 Å². The second kappa shape index (κ2) is 17.7. The van der Waals surface area contributed by atoms with E-state index in [1.54, 1.807) is 6.33 Å². The number of aryl methyl sites for hydroxylation is 3. The molecule has 2 aromatic carbocycles. The third-order valence-corrected chi connectivity index (χ3v) is 9.93. The van der Waals surface area contributed by atoms with Gasteiger partial charge in [0.2, 0.25) is 4.73 Å². The second-order valence-electron chi connectivity index (χ2n) is 13.5. The Morgan fingerprint density at radius 2 is 1.26 bits per heavy atom. The summed E-state index contributed by atoms with van der Waals surface area (Å²) in [6.45, 7) is 2.70. The quantitative estimate of drug-likeness (QED) is 0.120. The molecule has 0 N–H and O–H groups in total. The Labute approximate surface area is 338 Å². The van der Waals surface area contributed by atoms with Crippen molar-refractivity contribution in [2.45, 2.75) is 64.5 Å². The Bertz CT molecular complexity index is 2120. The van der Waals surface area contributed by atoms with Gasteiger partial charge in [0.25, 0.3) is 0 Å². The first-order valence-electron chi connectivity index (χ1n) is 17.3. The summed E-state index contributed by atoms with van der Waals surface area (Å²) in [5, 5.41) is 8.27. The predicted octanol–water partition coefficient (Wildman–Crippen LogP) is 10.2. The van der Waals surface area contributed by atoms with Crippen molar-refractivity contribution in [1.29, 1.82) is 0 Å². The summed E-state index contributed by atoms with van der Waals surface area (Å²) in [4.78, 5) is 19.1. The number of benzene rings is 2. The van der Waals surface area contributed by atoms with E-state index in [-0.39, 0.29) is 38.3 Å². The highest BCUT2D eigenvalue weighted by Gasteiger charge is 2.43. The summed E-state index contributed by atoms with van der Waals surface area (Å²) in [6, 6.07) is 8.65. The van der Waals surface area contributed by atoms with Crippen LogP contribution < -0.4 is 14.4 Å². The van der Waals surface area contributed by atoms with E-state index in [0.29, 0.717) is 30.0 Å². The highest BCUT2D eigenvalue weighted by Crippen LogP contribution is 2.44. The molecule has 1 saturated heterocycles. The van der Waals surface area contributed by atoms with Crippen LogP contribution in [0, 0.1) is 36.3 Å². The van der Waals surface area contributed by atoms with E-state index in [4.69, 9.17) is 32.7 Å². The van der Waals surface area contributed by atoms with E-state index in [1.807, 2.05) is 13.0 Å². The topological polar surface area (TPSA) is 109 Å². The van der Waals surface area contributed by atoms with Gasteiger partial charge in [0.1, 0.15) is 35.3 Å². The molecule has 1 aliphatic heterocycles. The normalized spacial score (nSPS) is 18.0. The SMILES string of the molecule is Cc1cc(N2C[C@H]3CC[C@@H](C2)C3Cc2nc(Oc3cc(F)cc(Cl)c3)n(CCC(F)(F)F)n2)ncn1.Fc1cc(Cl)cc(Oc2nc(Br)nn2CCC(F)(F)F)c1. The van der Waals surface area contributed by atoms with Gasteiger partial charge in [-0.2, -0.15) is 41.4 Å². The van der Waals surface area contributed by atoms with Gasteiger partial charge in [-0.15, -0.1) is 5.10 Å². The van der Waals surface area contributed by atoms with Crippen molar-refractivity contribution in [3.8, 4) is 23.5 Å². The Hall–Kier alpha value is -4.30. The molecular weight excluding hydrogens is 881 g/mol. The molecule has 4 heterocycles. The fourth-order valence-electron chi connectivity index (χ4n) is 6.73. The van der Waals surface area contributed by atoms with Gasteiger partial charge >= 0.3 is 24.4 Å². The first-order chi connectivity index (χ1) is 26.9. The zero-order chi connectivity index (χ0) is 41.1. The molecule has 1 aliphatic carbocycles. The minimum Gasteiger partial charge on any atom is -0.424 e. The molecule has 1 saturated carbocycles. The molecule has 0 radical (unpaired) electrons. The van der Waals surface area contributed by atoms with Gasteiger partial charge in [-0.25, -0.2) is 28.1 Å². The number of hydrogen-bond acceptors (Lipinski definition) is 9. The molecule has 2 aliphatic rings. The van der Waals surface area contributed by atoms with E-state index >= 15 is 0 Å². The lowest BCUT2D eigenvalue weighted by atomic mass is 9.82. The van der Waals surface area contributed by atoms with Gasteiger partial charge in [-0.1, -0.05) is 23.2 Å². The lowest BCUT2D eigenvalue weighted by molar-refractivity contribution is -0.138. The van der Waals surface area contributed by atoms with Crippen LogP contribution in [0.2, 0.25) is 10.0 Å². The van der Waals surface area contributed by atoms with Gasteiger partial charge in [-0.3, -0.25) is 0 Å². The Morgan fingerprint density at radius 1 is 0.737 bits per heavy atom. The van der Waals surface area contributed by atoms with E-state index in [9.17, 15) is 35.1 Å². The molecule has 22 heteroatoms. The van der Waals surface area contributed by atoms with Crippen LogP contribution >= 0.6 is 39.1 Å². The van der Waals surface area contributed by atoms with E-state index in [1.165, 1.54) is 12.1 Å². The summed E-state index contributed by atoms with van der Waals surface area (Å²) in [6.07, 6.45) is -6.64. The Morgan fingerprint density at radius 3 is 1.77 bits per heavy atom. The smallest absolute Gasteiger partial charge is 0.390 e. The molecule has 7 rings (SSSR count). The molecule has 11 nitrogen and oxygen atoms in total.